The quantitative estimate of drug-likeness (QED) is 0.0708. The second-order valence-electron chi connectivity index (χ2n) is 11.8. The molecule has 5 rings (SSSR count). The number of esters is 1. The van der Waals surface area contributed by atoms with E-state index in [1.807, 2.05) is 84.9 Å². The molecule has 0 aliphatic carbocycles. The average Bonchev–Trinajstić information content (AvgIpc) is 3.13. The molecular formula is C40H42N2O7S. The van der Waals surface area contributed by atoms with Gasteiger partial charge in [-0.1, -0.05) is 91.9 Å². The summed E-state index contributed by atoms with van der Waals surface area (Å²) in [5.41, 5.74) is 6.22. The Bertz CT molecular complexity index is 1950. The van der Waals surface area contributed by atoms with E-state index < -0.39 is 16.1 Å². The number of carbonyl (C=O) groups excluding carboxylic acids is 1. The first-order valence-corrected chi connectivity index (χ1v) is 18.3. The van der Waals surface area contributed by atoms with Crippen LogP contribution >= 0.6 is 0 Å². The number of anilines is 1. The van der Waals surface area contributed by atoms with Gasteiger partial charge in [-0.25, -0.2) is 13.2 Å². The molecule has 0 aliphatic heterocycles. The molecule has 9 nitrogen and oxygen atoms in total. The van der Waals surface area contributed by atoms with E-state index in [1.54, 1.807) is 30.3 Å². The Hall–Kier alpha value is -5.16. The van der Waals surface area contributed by atoms with E-state index in [0.29, 0.717) is 30.0 Å². The minimum Gasteiger partial charge on any atom is -0.492 e. The van der Waals surface area contributed by atoms with Crippen molar-refractivity contribution < 1.29 is 32.5 Å². The van der Waals surface area contributed by atoms with Gasteiger partial charge in [-0.05, 0) is 76.2 Å². The van der Waals surface area contributed by atoms with Gasteiger partial charge in [-0.3, -0.25) is 4.72 Å². The number of hydrogen-bond donors (Lipinski definition) is 3. The van der Waals surface area contributed by atoms with Gasteiger partial charge in [-0.15, -0.1) is 0 Å². The van der Waals surface area contributed by atoms with Gasteiger partial charge in [0.25, 0.3) is 0 Å². The summed E-state index contributed by atoms with van der Waals surface area (Å²) in [6.07, 6.45) is 0.955. The summed E-state index contributed by atoms with van der Waals surface area (Å²) < 4.78 is 44.0. The molecular weight excluding hydrogens is 653 g/mol. The predicted octanol–water partition coefficient (Wildman–Crippen LogP) is 6.93. The van der Waals surface area contributed by atoms with E-state index in [4.69, 9.17) is 14.2 Å². The van der Waals surface area contributed by atoms with E-state index >= 15 is 0 Å². The first-order chi connectivity index (χ1) is 24.2. The number of benzene rings is 5. The zero-order chi connectivity index (χ0) is 35.3. The molecule has 0 fully saturated rings. The molecule has 0 saturated carbocycles. The zero-order valence-corrected chi connectivity index (χ0v) is 29.0. The molecule has 50 heavy (non-hydrogen) atoms. The van der Waals surface area contributed by atoms with Crippen LogP contribution < -0.4 is 19.5 Å². The molecule has 260 valence electrons. The van der Waals surface area contributed by atoms with Gasteiger partial charge in [0.2, 0.25) is 10.0 Å². The lowest BCUT2D eigenvalue weighted by Crippen LogP contribution is -2.26. The highest BCUT2D eigenvalue weighted by atomic mass is 32.2. The van der Waals surface area contributed by atoms with Gasteiger partial charge in [0, 0.05) is 13.1 Å². The van der Waals surface area contributed by atoms with Crippen LogP contribution in [0.1, 0.15) is 45.6 Å². The molecule has 0 heterocycles. The second-order valence-corrected chi connectivity index (χ2v) is 13.5. The van der Waals surface area contributed by atoms with Crippen LogP contribution in [0.25, 0.3) is 11.1 Å². The highest BCUT2D eigenvalue weighted by Gasteiger charge is 2.15. The van der Waals surface area contributed by atoms with E-state index in [1.165, 1.54) is 0 Å². The lowest BCUT2D eigenvalue weighted by Gasteiger charge is -2.17. The number of carbonyl (C=O) groups is 1. The Labute approximate surface area is 293 Å². The van der Waals surface area contributed by atoms with Crippen molar-refractivity contribution in [1.29, 1.82) is 0 Å². The Morgan fingerprint density at radius 1 is 0.760 bits per heavy atom. The van der Waals surface area contributed by atoms with Crippen LogP contribution in [-0.2, 0) is 34.4 Å². The maximum Gasteiger partial charge on any atom is 0.338 e. The van der Waals surface area contributed by atoms with Gasteiger partial charge in [0.15, 0.2) is 0 Å². The zero-order valence-electron chi connectivity index (χ0n) is 28.2. The van der Waals surface area contributed by atoms with Gasteiger partial charge in [0.05, 0.1) is 23.6 Å². The highest BCUT2D eigenvalue weighted by molar-refractivity contribution is 7.92. The highest BCUT2D eigenvalue weighted by Crippen LogP contribution is 2.30. The standard InChI is InChI=1S/C40H42N2O7S/c1-3-31-24-34(32-14-16-33(17-15-32)40(44)49-28-30-12-8-5-9-13-30)18-20-38(31)47-23-22-41-26-37(43)35-19-21-39(36(25-35)42-50(2,45)46)48-27-29-10-6-4-7-11-29/h4-21,24-25,37,41-43H,3,22-23,26-28H2,1-2H3/t37-/m0/s1. The van der Waals surface area contributed by atoms with Crippen LogP contribution in [0.2, 0.25) is 0 Å². The summed E-state index contributed by atoms with van der Waals surface area (Å²) in [6, 6.07) is 37.5. The third-order valence-corrected chi connectivity index (χ3v) is 8.49. The molecule has 5 aromatic rings. The van der Waals surface area contributed by atoms with Gasteiger partial charge >= 0.3 is 5.97 Å². The first-order valence-electron chi connectivity index (χ1n) is 16.4. The van der Waals surface area contributed by atoms with Gasteiger partial charge in [-0.2, -0.15) is 0 Å². The summed E-state index contributed by atoms with van der Waals surface area (Å²) in [4.78, 5) is 12.5. The summed E-state index contributed by atoms with van der Waals surface area (Å²) in [5, 5.41) is 14.1. The minimum absolute atomic E-state index is 0.226. The van der Waals surface area contributed by atoms with Crippen molar-refractivity contribution in [3.05, 3.63) is 149 Å². The molecule has 1 atom stereocenters. The Morgan fingerprint density at radius 2 is 1.40 bits per heavy atom. The van der Waals surface area contributed by atoms with Crippen molar-refractivity contribution in [2.75, 3.05) is 30.7 Å². The SMILES string of the molecule is CCc1cc(-c2ccc(C(=O)OCc3ccccc3)cc2)ccc1OCCNC[C@H](O)c1ccc(OCc2ccccc2)c(NS(C)(=O)=O)c1. The van der Waals surface area contributed by atoms with Crippen LogP contribution in [0, 0.1) is 0 Å². The van der Waals surface area contributed by atoms with Crippen molar-refractivity contribution >= 4 is 21.7 Å². The number of ether oxygens (including phenoxy) is 3. The topological polar surface area (TPSA) is 123 Å². The fourth-order valence-corrected chi connectivity index (χ4v) is 5.83. The third-order valence-electron chi connectivity index (χ3n) is 7.90. The van der Waals surface area contributed by atoms with E-state index in [2.05, 4.69) is 23.0 Å². The van der Waals surface area contributed by atoms with Crippen LogP contribution in [0.3, 0.4) is 0 Å². The maximum absolute atomic E-state index is 12.5. The van der Waals surface area contributed by atoms with Crippen molar-refractivity contribution in [2.45, 2.75) is 32.7 Å². The lowest BCUT2D eigenvalue weighted by atomic mass is 10.00. The fourth-order valence-electron chi connectivity index (χ4n) is 5.27. The lowest BCUT2D eigenvalue weighted by molar-refractivity contribution is 0.0472. The molecule has 0 amide bonds. The summed E-state index contributed by atoms with van der Waals surface area (Å²) in [6.45, 7) is 3.66. The Morgan fingerprint density at radius 3 is 2.06 bits per heavy atom. The van der Waals surface area contributed by atoms with Crippen molar-refractivity contribution in [3.63, 3.8) is 0 Å². The van der Waals surface area contributed by atoms with Crippen LogP contribution in [0.5, 0.6) is 11.5 Å². The normalized spacial score (nSPS) is 11.8. The molecule has 0 aliphatic rings. The van der Waals surface area contributed by atoms with E-state index in [-0.39, 0.29) is 31.4 Å². The van der Waals surface area contributed by atoms with Gasteiger partial charge in [0.1, 0.15) is 31.3 Å². The molecule has 0 bridgehead atoms. The number of hydrogen-bond acceptors (Lipinski definition) is 8. The summed E-state index contributed by atoms with van der Waals surface area (Å²) >= 11 is 0. The predicted molar refractivity (Wildman–Crippen MR) is 196 cm³/mol. The summed E-state index contributed by atoms with van der Waals surface area (Å²) in [7, 11) is -3.58. The van der Waals surface area contributed by atoms with Crippen molar-refractivity contribution in [1.82, 2.24) is 5.32 Å². The summed E-state index contributed by atoms with van der Waals surface area (Å²) in [5.74, 6) is 0.781. The molecule has 0 unspecified atom stereocenters. The monoisotopic (exact) mass is 694 g/mol. The van der Waals surface area contributed by atoms with E-state index in [0.717, 1.165) is 46.2 Å². The van der Waals surface area contributed by atoms with Crippen molar-refractivity contribution in [2.24, 2.45) is 0 Å². The van der Waals surface area contributed by atoms with Gasteiger partial charge < -0.3 is 24.6 Å². The molecule has 10 heteroatoms. The first kappa shape index (κ1) is 36.1. The number of rotatable bonds is 17. The number of aliphatic hydroxyl groups excluding tert-OH is 1. The van der Waals surface area contributed by atoms with E-state index in [9.17, 15) is 18.3 Å². The average molecular weight is 695 g/mol. The maximum atomic E-state index is 12.5. The number of sulfonamides is 1. The Kier molecular flexibility index (Phi) is 12.6. The Balaban J connectivity index is 1.11. The molecule has 5 aromatic carbocycles. The molecule has 0 saturated heterocycles. The number of nitrogens with one attached hydrogen (secondary N) is 2. The molecule has 3 N–H and O–H groups in total. The second kappa shape index (κ2) is 17.5. The minimum atomic E-state index is -3.58. The fraction of sp³-hybridized carbons (Fsp3) is 0.225. The largest absolute Gasteiger partial charge is 0.492 e. The van der Waals surface area contributed by atoms with Crippen LogP contribution in [0.15, 0.2) is 121 Å². The van der Waals surface area contributed by atoms with Crippen LogP contribution in [-0.4, -0.2) is 45.4 Å². The molecule has 0 spiro atoms. The third kappa shape index (κ3) is 10.7. The smallest absolute Gasteiger partial charge is 0.338 e. The van der Waals surface area contributed by atoms with Crippen LogP contribution in [0.4, 0.5) is 5.69 Å². The number of aliphatic hydroxyl groups is 1. The number of aryl methyl sites for hydroxylation is 1. The molecule has 0 aromatic heterocycles. The molecule has 0 radical (unpaired) electrons. The van der Waals surface area contributed by atoms with Crippen molar-refractivity contribution in [3.8, 4) is 22.6 Å².